The Bertz CT molecular complexity index is 1360. The fourth-order valence-electron chi connectivity index (χ4n) is 6.31. The Labute approximate surface area is 227 Å². The third-order valence-corrected chi connectivity index (χ3v) is 9.04. The van der Waals surface area contributed by atoms with Crippen LogP contribution in [0, 0.1) is 11.8 Å². The molecule has 3 fully saturated rings. The lowest BCUT2D eigenvalue weighted by atomic mass is 9.96. The highest BCUT2D eigenvalue weighted by molar-refractivity contribution is 6.34. The van der Waals surface area contributed by atoms with Gasteiger partial charge >= 0.3 is 0 Å². The van der Waals surface area contributed by atoms with Crippen molar-refractivity contribution in [3.8, 4) is 0 Å². The Kier molecular flexibility index (Phi) is 6.56. The number of pyridine rings is 1. The van der Waals surface area contributed by atoms with E-state index < -0.39 is 11.7 Å². The lowest BCUT2D eigenvalue weighted by Crippen LogP contribution is -2.59. The molecule has 1 saturated carbocycles. The first-order chi connectivity index (χ1) is 18.3. The van der Waals surface area contributed by atoms with E-state index in [1.54, 1.807) is 10.9 Å². The number of alkyl halides is 1. The first-order valence-corrected chi connectivity index (χ1v) is 13.8. The minimum Gasteiger partial charge on any atom is -0.376 e. The van der Waals surface area contributed by atoms with Gasteiger partial charge in [-0.25, -0.2) is 9.37 Å². The van der Waals surface area contributed by atoms with Crippen molar-refractivity contribution in [1.82, 2.24) is 19.7 Å². The van der Waals surface area contributed by atoms with Gasteiger partial charge in [0.1, 0.15) is 12.0 Å². The SMILES string of the molecule is CC[C@@H]1[C@H](C(=O)Nc2cc3cc(N4CCN([C@]5(C)COC[C@@H]5F)CC4)c(Cl)cc3cn2)[C@H]1c1ccn(C)n1. The highest BCUT2D eigenvalue weighted by Gasteiger charge is 2.55. The summed E-state index contributed by atoms with van der Waals surface area (Å²) in [6.07, 6.45) is 3.63. The van der Waals surface area contributed by atoms with Crippen molar-refractivity contribution < 1.29 is 13.9 Å². The molecular weight excluding hydrogens is 507 g/mol. The maximum absolute atomic E-state index is 14.5. The summed E-state index contributed by atoms with van der Waals surface area (Å²) in [6.45, 7) is 7.64. The second-order valence-electron chi connectivity index (χ2n) is 11.1. The van der Waals surface area contributed by atoms with Crippen molar-refractivity contribution >= 4 is 39.8 Å². The number of benzene rings is 1. The summed E-state index contributed by atoms with van der Waals surface area (Å²) < 4.78 is 21.7. The molecule has 3 aromatic rings. The third kappa shape index (κ3) is 4.44. The second-order valence-corrected chi connectivity index (χ2v) is 11.5. The molecule has 202 valence electrons. The average Bonchev–Trinajstić information content (AvgIpc) is 3.33. The van der Waals surface area contributed by atoms with Crippen molar-refractivity contribution in [2.45, 2.75) is 37.9 Å². The molecule has 4 heterocycles. The smallest absolute Gasteiger partial charge is 0.229 e. The van der Waals surface area contributed by atoms with E-state index in [0.717, 1.165) is 54.8 Å². The number of halogens is 2. The number of carbonyl (C=O) groups is 1. The van der Waals surface area contributed by atoms with Crippen LogP contribution in [0.25, 0.3) is 10.8 Å². The molecule has 38 heavy (non-hydrogen) atoms. The van der Waals surface area contributed by atoms with Gasteiger partial charge in [0.25, 0.3) is 0 Å². The van der Waals surface area contributed by atoms with E-state index in [1.165, 1.54) is 0 Å². The molecule has 3 aliphatic rings. The summed E-state index contributed by atoms with van der Waals surface area (Å²) in [5.41, 5.74) is 1.35. The summed E-state index contributed by atoms with van der Waals surface area (Å²) in [7, 11) is 1.89. The summed E-state index contributed by atoms with van der Waals surface area (Å²) in [4.78, 5) is 22.1. The first-order valence-electron chi connectivity index (χ1n) is 13.4. The minimum atomic E-state index is -0.970. The Morgan fingerprint density at radius 3 is 2.68 bits per heavy atom. The second kappa shape index (κ2) is 9.77. The summed E-state index contributed by atoms with van der Waals surface area (Å²) in [5.74, 6) is 0.864. The zero-order valence-corrected chi connectivity index (χ0v) is 22.8. The molecule has 2 saturated heterocycles. The van der Waals surface area contributed by atoms with Gasteiger partial charge < -0.3 is 15.0 Å². The van der Waals surface area contributed by atoms with Gasteiger partial charge in [-0.05, 0) is 42.5 Å². The minimum absolute atomic E-state index is 0.0137. The molecule has 1 aliphatic carbocycles. The van der Waals surface area contributed by atoms with Gasteiger partial charge in [0, 0.05) is 56.9 Å². The third-order valence-electron chi connectivity index (χ3n) is 8.73. The number of piperazine rings is 1. The fourth-order valence-corrected chi connectivity index (χ4v) is 6.61. The van der Waals surface area contributed by atoms with Crippen molar-refractivity contribution in [3.63, 3.8) is 0 Å². The maximum Gasteiger partial charge on any atom is 0.229 e. The van der Waals surface area contributed by atoms with Gasteiger partial charge in [0.05, 0.1) is 41.1 Å². The number of anilines is 2. The van der Waals surface area contributed by atoms with E-state index in [4.69, 9.17) is 16.3 Å². The van der Waals surface area contributed by atoms with Crippen LogP contribution in [-0.2, 0) is 16.6 Å². The van der Waals surface area contributed by atoms with Crippen LogP contribution in [0.15, 0.2) is 36.7 Å². The molecule has 6 rings (SSSR count). The lowest BCUT2D eigenvalue weighted by Gasteiger charge is -2.44. The quantitative estimate of drug-likeness (QED) is 0.504. The Hall–Kier alpha value is -2.75. The van der Waals surface area contributed by atoms with E-state index in [2.05, 4.69) is 38.2 Å². The van der Waals surface area contributed by atoms with E-state index in [9.17, 15) is 9.18 Å². The number of ether oxygens (including phenoxy) is 1. The average molecular weight is 541 g/mol. The number of aromatic nitrogens is 3. The number of rotatable bonds is 6. The highest BCUT2D eigenvalue weighted by atomic mass is 35.5. The van der Waals surface area contributed by atoms with E-state index in [-0.39, 0.29) is 24.3 Å². The molecule has 0 radical (unpaired) electrons. The highest BCUT2D eigenvalue weighted by Crippen LogP contribution is 2.55. The van der Waals surface area contributed by atoms with E-state index >= 15 is 0 Å². The first kappa shape index (κ1) is 25.5. The van der Waals surface area contributed by atoms with Crippen LogP contribution in [0.3, 0.4) is 0 Å². The number of hydrogen-bond acceptors (Lipinski definition) is 6. The van der Waals surface area contributed by atoms with Crippen LogP contribution in [0.4, 0.5) is 15.9 Å². The summed E-state index contributed by atoms with van der Waals surface area (Å²) >= 11 is 6.69. The Morgan fingerprint density at radius 2 is 2.03 bits per heavy atom. The number of fused-ring (bicyclic) bond motifs is 1. The summed E-state index contributed by atoms with van der Waals surface area (Å²) in [5, 5.41) is 10.1. The Balaban J connectivity index is 1.16. The lowest BCUT2D eigenvalue weighted by molar-refractivity contribution is -0.117. The molecule has 0 unspecified atom stereocenters. The predicted octanol–water partition coefficient (Wildman–Crippen LogP) is 4.25. The molecule has 5 atom stereocenters. The molecule has 2 aliphatic heterocycles. The van der Waals surface area contributed by atoms with Crippen molar-refractivity contribution in [2.75, 3.05) is 49.6 Å². The molecule has 8 nitrogen and oxygen atoms in total. The van der Waals surface area contributed by atoms with Gasteiger partial charge in [-0.1, -0.05) is 24.9 Å². The zero-order valence-electron chi connectivity index (χ0n) is 22.0. The zero-order chi connectivity index (χ0) is 26.6. The molecule has 2 aromatic heterocycles. The number of amides is 1. The van der Waals surface area contributed by atoms with Gasteiger partial charge in [-0.15, -0.1) is 0 Å². The van der Waals surface area contributed by atoms with Crippen molar-refractivity contribution in [2.24, 2.45) is 18.9 Å². The van der Waals surface area contributed by atoms with Gasteiger partial charge in [-0.2, -0.15) is 5.10 Å². The van der Waals surface area contributed by atoms with Crippen LogP contribution in [-0.4, -0.2) is 76.7 Å². The predicted molar refractivity (Wildman–Crippen MR) is 147 cm³/mol. The maximum atomic E-state index is 14.5. The van der Waals surface area contributed by atoms with Crippen LogP contribution in [0.2, 0.25) is 5.02 Å². The van der Waals surface area contributed by atoms with Gasteiger partial charge in [0.15, 0.2) is 0 Å². The fraction of sp³-hybridized carbons (Fsp3) is 0.536. The van der Waals surface area contributed by atoms with Crippen LogP contribution in [0.1, 0.15) is 31.9 Å². The summed E-state index contributed by atoms with van der Waals surface area (Å²) in [6, 6.07) is 7.89. The number of nitrogens with zero attached hydrogens (tertiary/aromatic N) is 5. The van der Waals surface area contributed by atoms with Crippen molar-refractivity contribution in [1.29, 1.82) is 0 Å². The van der Waals surface area contributed by atoms with Gasteiger partial charge in [0.2, 0.25) is 5.91 Å². The van der Waals surface area contributed by atoms with Crippen LogP contribution >= 0.6 is 11.6 Å². The van der Waals surface area contributed by atoms with E-state index in [0.29, 0.717) is 23.4 Å². The topological polar surface area (TPSA) is 75.5 Å². The number of carbonyl (C=O) groups excluding carboxylic acids is 1. The largest absolute Gasteiger partial charge is 0.376 e. The number of hydrogen-bond donors (Lipinski definition) is 1. The molecule has 1 aromatic carbocycles. The normalized spacial score (nSPS) is 29.7. The number of aryl methyl sites for hydroxylation is 1. The molecule has 0 spiro atoms. The monoisotopic (exact) mass is 540 g/mol. The van der Waals surface area contributed by atoms with Crippen molar-refractivity contribution in [3.05, 3.63) is 47.4 Å². The van der Waals surface area contributed by atoms with E-state index in [1.807, 2.05) is 38.4 Å². The molecular formula is C28H34ClFN6O2. The molecule has 1 N–H and O–H groups in total. The van der Waals surface area contributed by atoms with Gasteiger partial charge in [-0.3, -0.25) is 14.4 Å². The Morgan fingerprint density at radius 1 is 1.24 bits per heavy atom. The van der Waals surface area contributed by atoms with Crippen LogP contribution < -0.4 is 10.2 Å². The van der Waals surface area contributed by atoms with Crippen LogP contribution in [0.5, 0.6) is 0 Å². The molecule has 0 bridgehead atoms. The molecule has 10 heteroatoms. The number of nitrogens with one attached hydrogen (secondary N) is 1. The standard InChI is InChI=1S/C28H34ClFN6O2/c1-4-19-25(21-5-6-34(3)33-21)26(19)27(37)32-24-13-17-12-22(20(29)11-18(17)14-31-24)35-7-9-36(10-8-35)28(2)16-38-15-23(28)30/h5-6,11-14,19,23,25-26H,4,7-10,15-16H2,1-3H3,(H,31,32,37)/t19-,23-,25+,26-,28+/m0/s1. The molecule has 1 amide bonds.